The quantitative estimate of drug-likeness (QED) is 0.617. The topological polar surface area (TPSA) is 35.0 Å². The van der Waals surface area contributed by atoms with E-state index in [-0.39, 0.29) is 0 Å². The molecule has 100 valence electrons. The van der Waals surface area contributed by atoms with Crippen LogP contribution in [-0.2, 0) is 11.2 Å². The van der Waals surface area contributed by atoms with Crippen molar-refractivity contribution in [3.05, 3.63) is 46.9 Å². The maximum atomic E-state index is 6.19. The lowest BCUT2D eigenvalue weighted by molar-refractivity contribution is 0.149. The molecule has 0 bridgehead atoms. The maximum absolute atomic E-state index is 6.19. The molecule has 0 spiro atoms. The van der Waals surface area contributed by atoms with Crippen LogP contribution in [0.25, 0.3) is 11.3 Å². The summed E-state index contributed by atoms with van der Waals surface area (Å²) in [5.74, 6) is 0.725. The van der Waals surface area contributed by atoms with Gasteiger partial charge in [-0.05, 0) is 13.8 Å². The zero-order chi connectivity index (χ0) is 13.7. The molecular weight excluding hydrogens is 260 g/mol. The van der Waals surface area contributed by atoms with E-state index in [2.05, 4.69) is 9.97 Å². The lowest BCUT2D eigenvalue weighted by atomic mass is 10.1. The average Bonchev–Trinajstić information content (AvgIpc) is 2.44. The third-order valence-electron chi connectivity index (χ3n) is 2.85. The molecule has 0 atom stereocenters. The van der Waals surface area contributed by atoms with Crippen LogP contribution in [0, 0.1) is 6.92 Å². The van der Waals surface area contributed by atoms with Gasteiger partial charge in [-0.3, -0.25) is 0 Å². The molecule has 0 N–H and O–H groups in total. The van der Waals surface area contributed by atoms with Gasteiger partial charge in [-0.15, -0.1) is 0 Å². The summed E-state index contributed by atoms with van der Waals surface area (Å²) >= 11 is 6.19. The molecule has 0 fully saturated rings. The maximum Gasteiger partial charge on any atom is 0.136 e. The fraction of sp³-hybridized carbons (Fsp3) is 0.333. The molecule has 0 saturated heterocycles. The Hall–Kier alpha value is -1.45. The standard InChI is InChI=1S/C15H17ClN2O/c1-3-19-10-9-13-17-14(11(2)15(16)18-13)12-7-5-4-6-8-12/h4-8H,3,9-10H2,1-2H3. The molecule has 19 heavy (non-hydrogen) atoms. The molecule has 0 aliphatic heterocycles. The van der Waals surface area contributed by atoms with Gasteiger partial charge in [-0.1, -0.05) is 41.9 Å². The molecule has 0 aliphatic carbocycles. The first kappa shape index (κ1) is 14.0. The fourth-order valence-corrected chi connectivity index (χ4v) is 2.02. The zero-order valence-electron chi connectivity index (χ0n) is 11.2. The summed E-state index contributed by atoms with van der Waals surface area (Å²) in [6.07, 6.45) is 0.674. The van der Waals surface area contributed by atoms with Crippen LogP contribution in [-0.4, -0.2) is 23.2 Å². The molecular formula is C15H17ClN2O. The largest absolute Gasteiger partial charge is 0.381 e. The van der Waals surface area contributed by atoms with Crippen LogP contribution in [0.2, 0.25) is 5.15 Å². The van der Waals surface area contributed by atoms with Crippen molar-refractivity contribution in [2.24, 2.45) is 0 Å². The highest BCUT2D eigenvalue weighted by Gasteiger charge is 2.10. The Morgan fingerprint density at radius 2 is 1.89 bits per heavy atom. The van der Waals surface area contributed by atoms with Gasteiger partial charge < -0.3 is 4.74 Å². The number of benzene rings is 1. The highest BCUT2D eigenvalue weighted by molar-refractivity contribution is 6.30. The van der Waals surface area contributed by atoms with Gasteiger partial charge in [0.05, 0.1) is 12.3 Å². The number of hydrogen-bond donors (Lipinski definition) is 0. The van der Waals surface area contributed by atoms with Crippen molar-refractivity contribution < 1.29 is 4.74 Å². The Morgan fingerprint density at radius 1 is 1.16 bits per heavy atom. The highest BCUT2D eigenvalue weighted by atomic mass is 35.5. The van der Waals surface area contributed by atoms with Gasteiger partial charge in [0.1, 0.15) is 11.0 Å². The molecule has 1 aromatic carbocycles. The summed E-state index contributed by atoms with van der Waals surface area (Å²) in [6, 6.07) is 10.0. The Kier molecular flexibility index (Phi) is 4.88. The normalized spacial score (nSPS) is 10.7. The first-order valence-electron chi connectivity index (χ1n) is 6.38. The van der Waals surface area contributed by atoms with E-state index >= 15 is 0 Å². The Labute approximate surface area is 118 Å². The molecule has 0 radical (unpaired) electrons. The van der Waals surface area contributed by atoms with Crippen LogP contribution in [0.4, 0.5) is 0 Å². The van der Waals surface area contributed by atoms with Crippen molar-refractivity contribution >= 4 is 11.6 Å². The summed E-state index contributed by atoms with van der Waals surface area (Å²) in [4.78, 5) is 8.90. The Balaban J connectivity index is 2.32. The molecule has 2 aromatic rings. The second-order valence-electron chi connectivity index (χ2n) is 4.22. The predicted molar refractivity (Wildman–Crippen MR) is 77.4 cm³/mol. The molecule has 0 unspecified atom stereocenters. The number of hydrogen-bond acceptors (Lipinski definition) is 3. The summed E-state index contributed by atoms with van der Waals surface area (Å²) in [6.45, 7) is 5.23. The monoisotopic (exact) mass is 276 g/mol. The molecule has 3 nitrogen and oxygen atoms in total. The average molecular weight is 277 g/mol. The zero-order valence-corrected chi connectivity index (χ0v) is 11.9. The predicted octanol–water partition coefficient (Wildman–Crippen LogP) is 3.68. The van der Waals surface area contributed by atoms with Crippen LogP contribution in [0.5, 0.6) is 0 Å². The van der Waals surface area contributed by atoms with E-state index < -0.39 is 0 Å². The van der Waals surface area contributed by atoms with E-state index in [0.29, 0.717) is 24.8 Å². The van der Waals surface area contributed by atoms with E-state index in [0.717, 1.165) is 22.6 Å². The fourth-order valence-electron chi connectivity index (χ4n) is 1.83. The second-order valence-corrected chi connectivity index (χ2v) is 4.58. The third kappa shape index (κ3) is 3.52. The smallest absolute Gasteiger partial charge is 0.136 e. The van der Waals surface area contributed by atoms with Gasteiger partial charge in [-0.2, -0.15) is 0 Å². The first-order valence-corrected chi connectivity index (χ1v) is 6.76. The minimum Gasteiger partial charge on any atom is -0.381 e. The van der Waals surface area contributed by atoms with Crippen molar-refractivity contribution in [1.29, 1.82) is 0 Å². The van der Waals surface area contributed by atoms with Crippen LogP contribution in [0.3, 0.4) is 0 Å². The molecule has 2 rings (SSSR count). The summed E-state index contributed by atoms with van der Waals surface area (Å²) in [7, 11) is 0. The second kappa shape index (κ2) is 6.64. The molecule has 0 amide bonds. The molecule has 1 aromatic heterocycles. The third-order valence-corrected chi connectivity index (χ3v) is 3.22. The molecule has 0 saturated carbocycles. The van der Waals surface area contributed by atoms with E-state index in [9.17, 15) is 0 Å². The SMILES string of the molecule is CCOCCc1nc(Cl)c(C)c(-c2ccccc2)n1. The minimum atomic E-state index is 0.514. The highest BCUT2D eigenvalue weighted by Crippen LogP contribution is 2.25. The van der Waals surface area contributed by atoms with E-state index in [1.54, 1.807) is 0 Å². The number of nitrogens with zero attached hydrogens (tertiary/aromatic N) is 2. The van der Waals surface area contributed by atoms with Crippen molar-refractivity contribution in [2.75, 3.05) is 13.2 Å². The van der Waals surface area contributed by atoms with E-state index in [1.165, 1.54) is 0 Å². The number of halogens is 1. The summed E-state index contributed by atoms with van der Waals surface area (Å²) in [5.41, 5.74) is 2.86. The van der Waals surface area contributed by atoms with E-state index in [4.69, 9.17) is 16.3 Å². The molecule has 4 heteroatoms. The van der Waals surface area contributed by atoms with Crippen molar-refractivity contribution in [2.45, 2.75) is 20.3 Å². The lowest BCUT2D eigenvalue weighted by Gasteiger charge is -2.09. The van der Waals surface area contributed by atoms with Gasteiger partial charge >= 0.3 is 0 Å². The lowest BCUT2D eigenvalue weighted by Crippen LogP contribution is -2.05. The Bertz CT molecular complexity index is 543. The van der Waals surface area contributed by atoms with Gasteiger partial charge in [0, 0.05) is 24.2 Å². The minimum absolute atomic E-state index is 0.514. The van der Waals surface area contributed by atoms with Crippen LogP contribution in [0.1, 0.15) is 18.3 Å². The van der Waals surface area contributed by atoms with Crippen molar-refractivity contribution in [3.63, 3.8) is 0 Å². The molecule has 1 heterocycles. The first-order chi connectivity index (χ1) is 9.22. The Morgan fingerprint density at radius 3 is 2.58 bits per heavy atom. The van der Waals surface area contributed by atoms with Gasteiger partial charge in [0.25, 0.3) is 0 Å². The molecule has 0 aliphatic rings. The van der Waals surface area contributed by atoms with Crippen LogP contribution >= 0.6 is 11.6 Å². The van der Waals surface area contributed by atoms with Crippen molar-refractivity contribution in [1.82, 2.24) is 9.97 Å². The van der Waals surface area contributed by atoms with Crippen LogP contribution in [0.15, 0.2) is 30.3 Å². The number of ether oxygens (including phenoxy) is 1. The van der Waals surface area contributed by atoms with Gasteiger partial charge in [-0.25, -0.2) is 9.97 Å². The number of aromatic nitrogens is 2. The van der Waals surface area contributed by atoms with Gasteiger partial charge in [0.2, 0.25) is 0 Å². The van der Waals surface area contributed by atoms with Crippen molar-refractivity contribution in [3.8, 4) is 11.3 Å². The summed E-state index contributed by atoms with van der Waals surface area (Å²) in [5, 5.41) is 0.514. The van der Waals surface area contributed by atoms with E-state index in [1.807, 2.05) is 44.2 Å². The number of rotatable bonds is 5. The summed E-state index contributed by atoms with van der Waals surface area (Å²) < 4.78 is 5.33. The van der Waals surface area contributed by atoms with Gasteiger partial charge in [0.15, 0.2) is 0 Å². The van der Waals surface area contributed by atoms with Crippen LogP contribution < -0.4 is 0 Å².